The molecule has 21 heavy (non-hydrogen) atoms. The van der Waals surface area contributed by atoms with Gasteiger partial charge >= 0.3 is 0 Å². The monoisotopic (exact) mass is 349 g/mol. The van der Waals surface area contributed by atoms with Gasteiger partial charge in [0.1, 0.15) is 12.4 Å². The quantitative estimate of drug-likeness (QED) is 0.831. The molecule has 0 spiro atoms. The van der Waals surface area contributed by atoms with E-state index < -0.39 is 0 Å². The molecule has 1 heterocycles. The molecule has 1 aromatic heterocycles. The topological polar surface area (TPSA) is 39.1 Å². The van der Waals surface area contributed by atoms with Gasteiger partial charge in [-0.05, 0) is 41.8 Å². The van der Waals surface area contributed by atoms with E-state index >= 15 is 0 Å². The van der Waals surface area contributed by atoms with Crippen LogP contribution < -0.4 is 10.1 Å². The van der Waals surface area contributed by atoms with Crippen molar-refractivity contribution in [1.82, 2.24) is 15.1 Å². The molecule has 0 radical (unpaired) electrons. The Labute approximate surface area is 133 Å². The fraction of sp³-hybridized carbons (Fsp3) is 0.438. The average molecular weight is 350 g/mol. The summed E-state index contributed by atoms with van der Waals surface area (Å²) >= 11 is 3.59. The molecule has 2 aromatic rings. The SMILES string of the molecule is CCn1cc(COc2c(Br)cccc2CNC2CC2)cn1. The Morgan fingerprint density at radius 3 is 3.00 bits per heavy atom. The van der Waals surface area contributed by atoms with Crippen LogP contribution >= 0.6 is 15.9 Å². The molecule has 0 unspecified atom stereocenters. The molecule has 0 saturated heterocycles. The molecule has 1 fully saturated rings. The summed E-state index contributed by atoms with van der Waals surface area (Å²) in [5, 5.41) is 7.81. The highest BCUT2D eigenvalue weighted by Gasteiger charge is 2.21. The van der Waals surface area contributed by atoms with E-state index in [9.17, 15) is 0 Å². The van der Waals surface area contributed by atoms with E-state index in [1.807, 2.05) is 23.1 Å². The van der Waals surface area contributed by atoms with Crippen LogP contribution in [-0.2, 0) is 19.7 Å². The molecule has 112 valence electrons. The summed E-state index contributed by atoms with van der Waals surface area (Å²) in [4.78, 5) is 0. The molecule has 0 aliphatic heterocycles. The third kappa shape index (κ3) is 3.86. The Morgan fingerprint density at radius 1 is 1.43 bits per heavy atom. The Kier molecular flexibility index (Phi) is 4.60. The van der Waals surface area contributed by atoms with Crippen molar-refractivity contribution in [2.45, 2.75) is 45.5 Å². The van der Waals surface area contributed by atoms with Crippen molar-refractivity contribution in [3.8, 4) is 5.75 Å². The standard InChI is InChI=1S/C16H20BrN3O/c1-2-20-10-12(8-19-20)11-21-16-13(4-3-5-15(16)17)9-18-14-6-7-14/h3-5,8,10,14,18H,2,6-7,9,11H2,1H3. The predicted molar refractivity (Wildman–Crippen MR) is 86.2 cm³/mol. The molecule has 0 amide bonds. The summed E-state index contributed by atoms with van der Waals surface area (Å²) < 4.78 is 8.94. The van der Waals surface area contributed by atoms with E-state index in [1.165, 1.54) is 18.4 Å². The van der Waals surface area contributed by atoms with Gasteiger partial charge in [-0.2, -0.15) is 5.10 Å². The largest absolute Gasteiger partial charge is 0.487 e. The summed E-state index contributed by atoms with van der Waals surface area (Å²) in [6, 6.07) is 6.88. The molecule has 3 rings (SSSR count). The second kappa shape index (κ2) is 6.62. The van der Waals surface area contributed by atoms with Crippen molar-refractivity contribution in [3.05, 3.63) is 46.2 Å². The summed E-state index contributed by atoms with van der Waals surface area (Å²) in [6.45, 7) is 4.35. The number of nitrogens with zero attached hydrogens (tertiary/aromatic N) is 2. The smallest absolute Gasteiger partial charge is 0.138 e. The van der Waals surface area contributed by atoms with Gasteiger partial charge in [-0.15, -0.1) is 0 Å². The van der Waals surface area contributed by atoms with E-state index in [0.717, 1.165) is 28.9 Å². The molecular formula is C16H20BrN3O. The number of rotatable bonds is 7. The number of aryl methyl sites for hydroxylation is 1. The van der Waals surface area contributed by atoms with Crippen molar-refractivity contribution < 1.29 is 4.74 Å². The van der Waals surface area contributed by atoms with Gasteiger partial charge in [-0.1, -0.05) is 12.1 Å². The summed E-state index contributed by atoms with van der Waals surface area (Å²) in [5.41, 5.74) is 2.29. The fourth-order valence-corrected chi connectivity index (χ4v) is 2.73. The number of aromatic nitrogens is 2. The minimum atomic E-state index is 0.541. The van der Waals surface area contributed by atoms with Crippen LogP contribution in [0.3, 0.4) is 0 Å². The molecule has 1 saturated carbocycles. The number of ether oxygens (including phenoxy) is 1. The van der Waals surface area contributed by atoms with E-state index in [1.54, 1.807) is 0 Å². The lowest BCUT2D eigenvalue weighted by molar-refractivity contribution is 0.300. The van der Waals surface area contributed by atoms with Gasteiger partial charge in [0.2, 0.25) is 0 Å². The molecule has 0 atom stereocenters. The number of hydrogen-bond acceptors (Lipinski definition) is 3. The summed E-state index contributed by atoms with van der Waals surface area (Å²) in [7, 11) is 0. The molecule has 1 aliphatic rings. The number of hydrogen-bond donors (Lipinski definition) is 1. The maximum atomic E-state index is 6.02. The van der Waals surface area contributed by atoms with E-state index in [2.05, 4.69) is 45.4 Å². The van der Waals surface area contributed by atoms with Crippen LogP contribution in [0.4, 0.5) is 0 Å². The van der Waals surface area contributed by atoms with E-state index in [0.29, 0.717) is 12.6 Å². The molecular weight excluding hydrogens is 330 g/mol. The number of para-hydroxylation sites is 1. The van der Waals surface area contributed by atoms with E-state index in [4.69, 9.17) is 4.74 Å². The Balaban J connectivity index is 1.67. The molecule has 4 nitrogen and oxygen atoms in total. The Bertz CT molecular complexity index is 607. The van der Waals surface area contributed by atoms with Crippen LogP contribution in [0.5, 0.6) is 5.75 Å². The van der Waals surface area contributed by atoms with Gasteiger partial charge in [0.15, 0.2) is 0 Å². The first kappa shape index (κ1) is 14.6. The predicted octanol–water partition coefficient (Wildman–Crippen LogP) is 3.50. The van der Waals surface area contributed by atoms with Gasteiger partial charge in [0.05, 0.1) is 10.7 Å². The van der Waals surface area contributed by atoms with Crippen LogP contribution in [0.15, 0.2) is 35.1 Å². The first-order valence-electron chi connectivity index (χ1n) is 7.41. The lowest BCUT2D eigenvalue weighted by atomic mass is 10.2. The lowest BCUT2D eigenvalue weighted by Gasteiger charge is -2.13. The number of benzene rings is 1. The molecule has 0 bridgehead atoms. The van der Waals surface area contributed by atoms with Crippen molar-refractivity contribution in [2.75, 3.05) is 0 Å². The Hall–Kier alpha value is -1.33. The third-order valence-corrected chi connectivity index (χ3v) is 4.23. The second-order valence-corrected chi connectivity index (χ2v) is 6.23. The third-order valence-electron chi connectivity index (χ3n) is 3.60. The molecule has 1 aromatic carbocycles. The highest BCUT2D eigenvalue weighted by Crippen LogP contribution is 2.30. The van der Waals surface area contributed by atoms with Crippen molar-refractivity contribution in [2.24, 2.45) is 0 Å². The zero-order valence-corrected chi connectivity index (χ0v) is 13.8. The number of nitrogens with one attached hydrogen (secondary N) is 1. The van der Waals surface area contributed by atoms with Crippen molar-refractivity contribution in [1.29, 1.82) is 0 Å². The normalized spacial score (nSPS) is 14.4. The minimum Gasteiger partial charge on any atom is -0.487 e. The fourth-order valence-electron chi connectivity index (χ4n) is 2.21. The maximum absolute atomic E-state index is 6.02. The maximum Gasteiger partial charge on any atom is 0.138 e. The Morgan fingerprint density at radius 2 is 2.29 bits per heavy atom. The first-order valence-corrected chi connectivity index (χ1v) is 8.20. The van der Waals surface area contributed by atoms with Gasteiger partial charge in [0, 0.05) is 36.5 Å². The van der Waals surface area contributed by atoms with Gasteiger partial charge < -0.3 is 10.1 Å². The van der Waals surface area contributed by atoms with Crippen LogP contribution in [0.2, 0.25) is 0 Å². The first-order chi connectivity index (χ1) is 10.3. The zero-order valence-electron chi connectivity index (χ0n) is 12.2. The van der Waals surface area contributed by atoms with Crippen molar-refractivity contribution >= 4 is 15.9 Å². The molecule has 1 N–H and O–H groups in total. The highest BCUT2D eigenvalue weighted by atomic mass is 79.9. The van der Waals surface area contributed by atoms with Gasteiger partial charge in [-0.25, -0.2) is 0 Å². The van der Waals surface area contributed by atoms with Crippen LogP contribution in [0.1, 0.15) is 30.9 Å². The highest BCUT2D eigenvalue weighted by molar-refractivity contribution is 9.10. The lowest BCUT2D eigenvalue weighted by Crippen LogP contribution is -2.16. The van der Waals surface area contributed by atoms with Crippen LogP contribution in [0, 0.1) is 0 Å². The average Bonchev–Trinajstić information content (AvgIpc) is 3.21. The van der Waals surface area contributed by atoms with Crippen LogP contribution in [-0.4, -0.2) is 15.8 Å². The van der Waals surface area contributed by atoms with E-state index in [-0.39, 0.29) is 0 Å². The molecule has 1 aliphatic carbocycles. The minimum absolute atomic E-state index is 0.541. The number of halogens is 1. The van der Waals surface area contributed by atoms with Gasteiger partial charge in [0.25, 0.3) is 0 Å². The summed E-state index contributed by atoms with van der Waals surface area (Å²) in [5.74, 6) is 0.926. The second-order valence-electron chi connectivity index (χ2n) is 5.38. The summed E-state index contributed by atoms with van der Waals surface area (Å²) in [6.07, 6.45) is 6.47. The molecule has 5 heteroatoms. The van der Waals surface area contributed by atoms with Gasteiger partial charge in [-0.3, -0.25) is 4.68 Å². The van der Waals surface area contributed by atoms with Crippen molar-refractivity contribution in [3.63, 3.8) is 0 Å². The van der Waals surface area contributed by atoms with Crippen LogP contribution in [0.25, 0.3) is 0 Å². The zero-order chi connectivity index (χ0) is 14.7.